The molecule has 0 unspecified atom stereocenters. The molecule has 32 heavy (non-hydrogen) atoms. The van der Waals surface area contributed by atoms with Gasteiger partial charge in [-0.1, -0.05) is 6.92 Å². The summed E-state index contributed by atoms with van der Waals surface area (Å²) in [6.07, 6.45) is 2.82. The van der Waals surface area contributed by atoms with Crippen LogP contribution < -0.4 is 15.6 Å². The fourth-order valence-electron chi connectivity index (χ4n) is 4.09. The predicted octanol–water partition coefficient (Wildman–Crippen LogP) is 2.10. The molecular weight excluding hydrogens is 430 g/mol. The van der Waals surface area contributed by atoms with E-state index in [1.165, 1.54) is 4.31 Å². The summed E-state index contributed by atoms with van der Waals surface area (Å²) in [5.74, 6) is 0.762. The van der Waals surface area contributed by atoms with Gasteiger partial charge in [0, 0.05) is 38.9 Å². The third kappa shape index (κ3) is 4.05. The molecule has 0 amide bonds. The molecule has 0 saturated carbocycles. The van der Waals surface area contributed by atoms with Crippen molar-refractivity contribution in [1.82, 2.24) is 24.2 Å². The fraction of sp³-hybridized carbons (Fsp3) is 0.455. The smallest absolute Gasteiger partial charge is 0.260 e. The molecule has 1 saturated heterocycles. The van der Waals surface area contributed by atoms with Crippen molar-refractivity contribution in [3.8, 4) is 17.1 Å². The number of sulfonamides is 1. The first kappa shape index (κ1) is 22.5. The Hall–Kier alpha value is -2.69. The average molecular weight is 460 g/mol. The number of nitrogens with zero attached hydrogens (tertiary/aromatic N) is 3. The number of aryl methyl sites for hydroxylation is 2. The van der Waals surface area contributed by atoms with Crippen LogP contribution in [0.3, 0.4) is 0 Å². The maximum atomic E-state index is 13.2. The Morgan fingerprint density at radius 3 is 2.62 bits per heavy atom. The fourth-order valence-corrected chi connectivity index (χ4v) is 5.56. The van der Waals surface area contributed by atoms with Crippen LogP contribution in [0, 0.1) is 6.92 Å². The average Bonchev–Trinajstić information content (AvgIpc) is 3.10. The van der Waals surface area contributed by atoms with Crippen LogP contribution in [-0.4, -0.2) is 60.0 Å². The first-order chi connectivity index (χ1) is 15.4. The zero-order chi connectivity index (χ0) is 22.9. The lowest BCUT2D eigenvalue weighted by Crippen LogP contribution is -2.46. The minimum absolute atomic E-state index is 0.153. The maximum Gasteiger partial charge on any atom is 0.260 e. The van der Waals surface area contributed by atoms with Gasteiger partial charge in [0.1, 0.15) is 17.2 Å². The van der Waals surface area contributed by atoms with Gasteiger partial charge in [-0.2, -0.15) is 4.31 Å². The molecular formula is C22H29N5O4S. The summed E-state index contributed by atoms with van der Waals surface area (Å²) in [5.41, 5.74) is 1.63. The molecule has 0 aliphatic carbocycles. The predicted molar refractivity (Wildman–Crippen MR) is 124 cm³/mol. The number of piperazine rings is 1. The van der Waals surface area contributed by atoms with Crippen LogP contribution in [0.25, 0.3) is 22.4 Å². The number of nitrogens with one attached hydrogen (secondary N) is 2. The standard InChI is InChI=1S/C22H29N5O4S/c1-4-10-26-14-15(3)19-21(26)24-20(25-22(19)28)17-13-16(6-7-18(17)31-5-2)32(29,30)27-11-8-23-9-12-27/h6-7,13-14,23H,4-5,8-12H2,1-3H3,(H,24,25,28). The number of hydrogen-bond donors (Lipinski definition) is 2. The Morgan fingerprint density at radius 1 is 1.19 bits per heavy atom. The van der Waals surface area contributed by atoms with Gasteiger partial charge in [-0.3, -0.25) is 4.79 Å². The summed E-state index contributed by atoms with van der Waals surface area (Å²) in [6.45, 7) is 8.98. The van der Waals surface area contributed by atoms with E-state index >= 15 is 0 Å². The number of rotatable bonds is 7. The van der Waals surface area contributed by atoms with Gasteiger partial charge in [-0.25, -0.2) is 13.4 Å². The van der Waals surface area contributed by atoms with Crippen LogP contribution >= 0.6 is 0 Å². The number of fused-ring (bicyclic) bond motifs is 1. The SMILES string of the molecule is CCCn1cc(C)c2c(=O)[nH]c(-c3cc(S(=O)(=O)N4CCNCC4)ccc3OCC)nc21. The summed E-state index contributed by atoms with van der Waals surface area (Å²) in [6, 6.07) is 4.73. The monoisotopic (exact) mass is 459 g/mol. The maximum absolute atomic E-state index is 13.2. The van der Waals surface area contributed by atoms with Crippen molar-refractivity contribution in [3.63, 3.8) is 0 Å². The summed E-state index contributed by atoms with van der Waals surface area (Å²) < 4.78 is 35.6. The Balaban J connectivity index is 1.88. The molecule has 3 heterocycles. The molecule has 10 heteroatoms. The summed E-state index contributed by atoms with van der Waals surface area (Å²) in [4.78, 5) is 20.7. The highest BCUT2D eigenvalue weighted by Gasteiger charge is 2.27. The molecule has 2 aromatic heterocycles. The first-order valence-corrected chi connectivity index (χ1v) is 12.4. The van der Waals surface area contributed by atoms with E-state index in [2.05, 4.69) is 17.2 Å². The van der Waals surface area contributed by atoms with Crippen LogP contribution in [0.2, 0.25) is 0 Å². The van der Waals surface area contributed by atoms with Crippen LogP contribution in [0.5, 0.6) is 5.75 Å². The molecule has 1 aliphatic heterocycles. The second-order valence-corrected chi connectivity index (χ2v) is 9.80. The van der Waals surface area contributed by atoms with Crippen molar-refractivity contribution in [2.75, 3.05) is 32.8 Å². The number of aromatic nitrogens is 3. The quantitative estimate of drug-likeness (QED) is 0.560. The van der Waals surface area contributed by atoms with Gasteiger partial charge in [0.15, 0.2) is 0 Å². The molecule has 1 fully saturated rings. The third-order valence-corrected chi connectivity index (χ3v) is 7.50. The first-order valence-electron chi connectivity index (χ1n) is 10.9. The number of hydrogen-bond acceptors (Lipinski definition) is 6. The number of benzene rings is 1. The van der Waals surface area contributed by atoms with E-state index in [0.717, 1.165) is 18.5 Å². The molecule has 3 aromatic rings. The minimum atomic E-state index is -3.68. The summed E-state index contributed by atoms with van der Waals surface area (Å²) >= 11 is 0. The van der Waals surface area contributed by atoms with Gasteiger partial charge < -0.3 is 19.6 Å². The zero-order valence-electron chi connectivity index (χ0n) is 18.6. The molecule has 2 N–H and O–H groups in total. The number of ether oxygens (including phenoxy) is 1. The van der Waals surface area contributed by atoms with Crippen molar-refractivity contribution < 1.29 is 13.2 Å². The Labute approximate surface area is 187 Å². The topological polar surface area (TPSA) is 109 Å². The zero-order valence-corrected chi connectivity index (χ0v) is 19.5. The highest BCUT2D eigenvalue weighted by Crippen LogP contribution is 2.32. The van der Waals surface area contributed by atoms with Gasteiger partial charge in [-0.15, -0.1) is 0 Å². The Bertz CT molecular complexity index is 1290. The molecule has 0 spiro atoms. The number of H-pyrrole nitrogens is 1. The van der Waals surface area contributed by atoms with Gasteiger partial charge in [-0.05, 0) is 44.0 Å². The summed E-state index contributed by atoms with van der Waals surface area (Å²) in [5, 5.41) is 3.71. The molecule has 0 bridgehead atoms. The largest absolute Gasteiger partial charge is 0.493 e. The molecule has 0 atom stereocenters. The van der Waals surface area contributed by atoms with Crippen molar-refractivity contribution >= 4 is 21.1 Å². The Morgan fingerprint density at radius 2 is 1.94 bits per heavy atom. The van der Waals surface area contributed by atoms with E-state index in [-0.39, 0.29) is 10.5 Å². The molecule has 4 rings (SSSR count). The lowest BCUT2D eigenvalue weighted by molar-refractivity contribution is 0.341. The van der Waals surface area contributed by atoms with Gasteiger partial charge >= 0.3 is 0 Å². The van der Waals surface area contributed by atoms with E-state index in [1.807, 2.05) is 24.6 Å². The molecule has 172 valence electrons. The third-order valence-electron chi connectivity index (χ3n) is 5.60. The normalized spacial score (nSPS) is 15.3. The second-order valence-electron chi connectivity index (χ2n) is 7.86. The lowest BCUT2D eigenvalue weighted by atomic mass is 10.1. The highest BCUT2D eigenvalue weighted by atomic mass is 32.2. The van der Waals surface area contributed by atoms with E-state index in [1.54, 1.807) is 18.2 Å². The van der Waals surface area contributed by atoms with Gasteiger partial charge in [0.05, 0.1) is 22.5 Å². The van der Waals surface area contributed by atoms with E-state index in [9.17, 15) is 13.2 Å². The Kier molecular flexibility index (Phi) is 6.36. The van der Waals surface area contributed by atoms with Crippen molar-refractivity contribution in [2.24, 2.45) is 0 Å². The van der Waals surface area contributed by atoms with E-state index in [4.69, 9.17) is 9.72 Å². The molecule has 0 radical (unpaired) electrons. The number of aromatic amines is 1. The molecule has 1 aromatic carbocycles. The summed E-state index contributed by atoms with van der Waals surface area (Å²) in [7, 11) is -3.68. The van der Waals surface area contributed by atoms with Crippen molar-refractivity contribution in [2.45, 2.75) is 38.6 Å². The van der Waals surface area contributed by atoms with E-state index < -0.39 is 10.0 Å². The van der Waals surface area contributed by atoms with Gasteiger partial charge in [0.25, 0.3) is 5.56 Å². The van der Waals surface area contributed by atoms with Crippen LogP contribution in [-0.2, 0) is 16.6 Å². The van der Waals surface area contributed by atoms with E-state index in [0.29, 0.717) is 61.0 Å². The van der Waals surface area contributed by atoms with Crippen molar-refractivity contribution in [1.29, 1.82) is 0 Å². The van der Waals surface area contributed by atoms with Gasteiger partial charge in [0.2, 0.25) is 10.0 Å². The van der Waals surface area contributed by atoms with Crippen LogP contribution in [0.1, 0.15) is 25.8 Å². The second kappa shape index (κ2) is 9.05. The molecule has 9 nitrogen and oxygen atoms in total. The molecule has 1 aliphatic rings. The minimum Gasteiger partial charge on any atom is -0.493 e. The van der Waals surface area contributed by atoms with Crippen LogP contribution in [0.15, 0.2) is 34.1 Å². The highest BCUT2D eigenvalue weighted by molar-refractivity contribution is 7.89. The lowest BCUT2D eigenvalue weighted by Gasteiger charge is -2.26. The van der Waals surface area contributed by atoms with Crippen molar-refractivity contribution in [3.05, 3.63) is 40.3 Å². The van der Waals surface area contributed by atoms with Crippen LogP contribution in [0.4, 0.5) is 0 Å².